The van der Waals surface area contributed by atoms with Gasteiger partial charge in [-0.3, -0.25) is 4.98 Å². The summed E-state index contributed by atoms with van der Waals surface area (Å²) in [6, 6.07) is 16.0. The zero-order chi connectivity index (χ0) is 18.8. The van der Waals surface area contributed by atoms with Crippen molar-refractivity contribution in [2.75, 3.05) is 10.6 Å². The molecular formula is C20H15ClFN5. The Balaban J connectivity index is 1.65. The fourth-order valence-electron chi connectivity index (χ4n) is 2.76. The van der Waals surface area contributed by atoms with E-state index in [4.69, 9.17) is 11.6 Å². The second-order valence-electron chi connectivity index (χ2n) is 5.95. The van der Waals surface area contributed by atoms with Crippen LogP contribution in [0.2, 0.25) is 5.02 Å². The van der Waals surface area contributed by atoms with Gasteiger partial charge in [0.05, 0.1) is 16.2 Å². The molecule has 0 saturated heterocycles. The minimum atomic E-state index is -0.466. The van der Waals surface area contributed by atoms with Gasteiger partial charge in [0.25, 0.3) is 0 Å². The Morgan fingerprint density at radius 2 is 1.70 bits per heavy atom. The smallest absolute Gasteiger partial charge is 0.141 e. The largest absolute Gasteiger partial charge is 0.340 e. The fraction of sp³-hybridized carbons (Fsp3) is 0.0500. The van der Waals surface area contributed by atoms with Crippen molar-refractivity contribution in [1.29, 1.82) is 0 Å². The van der Waals surface area contributed by atoms with Gasteiger partial charge in [0.15, 0.2) is 0 Å². The van der Waals surface area contributed by atoms with Gasteiger partial charge in [-0.15, -0.1) is 0 Å². The standard InChI is InChI=1S/C20H15ClFN5/c1-12-24-18(26-14-7-8-16(22)15(21)10-14)11-19(25-12)27-17-6-2-4-13-5-3-9-23-20(13)17/h2-11H,1H3,(H2,24,25,26,27). The predicted octanol–water partition coefficient (Wildman–Crippen LogP) is 5.61. The number of fused-ring (bicyclic) bond motifs is 1. The Bertz CT molecular complexity index is 1130. The summed E-state index contributed by atoms with van der Waals surface area (Å²) in [5.41, 5.74) is 2.34. The van der Waals surface area contributed by atoms with Crippen LogP contribution in [0.1, 0.15) is 5.82 Å². The lowest BCUT2D eigenvalue weighted by Crippen LogP contribution is -2.02. The summed E-state index contributed by atoms with van der Waals surface area (Å²) < 4.78 is 13.3. The molecule has 0 aliphatic carbocycles. The lowest BCUT2D eigenvalue weighted by molar-refractivity contribution is 0.628. The zero-order valence-corrected chi connectivity index (χ0v) is 15.1. The maximum Gasteiger partial charge on any atom is 0.141 e. The molecule has 2 N–H and O–H groups in total. The van der Waals surface area contributed by atoms with E-state index in [1.807, 2.05) is 30.3 Å². The summed E-state index contributed by atoms with van der Waals surface area (Å²) in [6.07, 6.45) is 1.75. The summed E-state index contributed by atoms with van der Waals surface area (Å²) in [7, 11) is 0. The van der Waals surface area contributed by atoms with Crippen molar-refractivity contribution in [2.24, 2.45) is 0 Å². The Morgan fingerprint density at radius 1 is 0.926 bits per heavy atom. The first-order valence-corrected chi connectivity index (χ1v) is 8.65. The van der Waals surface area contributed by atoms with Gasteiger partial charge in [0.2, 0.25) is 0 Å². The highest BCUT2D eigenvalue weighted by atomic mass is 35.5. The lowest BCUT2D eigenvalue weighted by atomic mass is 10.2. The first kappa shape index (κ1) is 17.2. The molecule has 5 nitrogen and oxygen atoms in total. The Morgan fingerprint density at radius 3 is 2.52 bits per heavy atom. The highest BCUT2D eigenvalue weighted by molar-refractivity contribution is 6.31. The molecule has 0 radical (unpaired) electrons. The van der Waals surface area contributed by atoms with E-state index in [9.17, 15) is 4.39 Å². The summed E-state index contributed by atoms with van der Waals surface area (Å²) in [6.45, 7) is 1.80. The third kappa shape index (κ3) is 3.80. The molecule has 0 bridgehead atoms. The van der Waals surface area contributed by atoms with Gasteiger partial charge in [-0.05, 0) is 37.3 Å². The minimum absolute atomic E-state index is 0.0472. The molecule has 0 fully saturated rings. The molecule has 2 heterocycles. The SMILES string of the molecule is Cc1nc(Nc2ccc(F)c(Cl)c2)cc(Nc2cccc3cccnc23)n1. The van der Waals surface area contributed by atoms with Crippen molar-refractivity contribution >= 4 is 45.5 Å². The van der Waals surface area contributed by atoms with E-state index in [2.05, 4.69) is 25.6 Å². The minimum Gasteiger partial charge on any atom is -0.340 e. The molecule has 0 unspecified atom stereocenters. The number of pyridine rings is 1. The van der Waals surface area contributed by atoms with E-state index in [1.165, 1.54) is 12.1 Å². The van der Waals surface area contributed by atoms with Gasteiger partial charge in [-0.2, -0.15) is 0 Å². The van der Waals surface area contributed by atoms with Crippen molar-refractivity contribution < 1.29 is 4.39 Å². The number of halogens is 2. The van der Waals surface area contributed by atoms with Crippen LogP contribution >= 0.6 is 11.6 Å². The van der Waals surface area contributed by atoms with Crippen LogP contribution in [-0.2, 0) is 0 Å². The van der Waals surface area contributed by atoms with Crippen LogP contribution in [0.25, 0.3) is 10.9 Å². The maximum atomic E-state index is 13.3. The maximum absolute atomic E-state index is 13.3. The number of anilines is 4. The van der Waals surface area contributed by atoms with Crippen molar-refractivity contribution in [3.05, 3.63) is 77.5 Å². The molecule has 4 rings (SSSR count). The van der Waals surface area contributed by atoms with E-state index in [-0.39, 0.29) is 5.02 Å². The van der Waals surface area contributed by atoms with Crippen LogP contribution < -0.4 is 10.6 Å². The van der Waals surface area contributed by atoms with Crippen LogP contribution in [0.5, 0.6) is 0 Å². The Kier molecular flexibility index (Phi) is 4.56. The molecule has 2 aromatic carbocycles. The van der Waals surface area contributed by atoms with Gasteiger partial charge in [-0.1, -0.05) is 29.8 Å². The Labute approximate surface area is 160 Å². The van der Waals surface area contributed by atoms with Crippen molar-refractivity contribution in [3.8, 4) is 0 Å². The Hall–Kier alpha value is -3.25. The van der Waals surface area contributed by atoms with Gasteiger partial charge >= 0.3 is 0 Å². The van der Waals surface area contributed by atoms with E-state index in [0.717, 1.165) is 16.6 Å². The van der Waals surface area contributed by atoms with Crippen molar-refractivity contribution in [1.82, 2.24) is 15.0 Å². The molecule has 0 amide bonds. The van der Waals surface area contributed by atoms with E-state index >= 15 is 0 Å². The van der Waals surface area contributed by atoms with Crippen LogP contribution in [0.3, 0.4) is 0 Å². The number of aromatic nitrogens is 3. The molecule has 27 heavy (non-hydrogen) atoms. The first-order chi connectivity index (χ1) is 13.1. The van der Waals surface area contributed by atoms with E-state index in [0.29, 0.717) is 23.1 Å². The molecule has 2 aromatic heterocycles. The molecule has 7 heteroatoms. The van der Waals surface area contributed by atoms with Crippen LogP contribution in [0.4, 0.5) is 27.4 Å². The first-order valence-electron chi connectivity index (χ1n) is 8.27. The molecule has 0 saturated carbocycles. The number of para-hydroxylation sites is 1. The monoisotopic (exact) mass is 379 g/mol. The van der Waals surface area contributed by atoms with Crippen LogP contribution in [0.15, 0.2) is 60.8 Å². The topological polar surface area (TPSA) is 62.7 Å². The molecule has 0 aliphatic rings. The second-order valence-corrected chi connectivity index (χ2v) is 6.35. The molecule has 0 spiro atoms. The van der Waals surface area contributed by atoms with Gasteiger partial charge in [0, 0.05) is 23.3 Å². The highest BCUT2D eigenvalue weighted by Gasteiger charge is 2.07. The zero-order valence-electron chi connectivity index (χ0n) is 14.4. The third-order valence-corrected chi connectivity index (χ3v) is 4.22. The molecule has 134 valence electrons. The summed E-state index contributed by atoms with van der Waals surface area (Å²) in [5, 5.41) is 7.50. The van der Waals surface area contributed by atoms with Crippen molar-refractivity contribution in [3.63, 3.8) is 0 Å². The van der Waals surface area contributed by atoms with Crippen LogP contribution in [0, 0.1) is 12.7 Å². The normalized spacial score (nSPS) is 10.8. The highest BCUT2D eigenvalue weighted by Crippen LogP contribution is 2.26. The van der Waals surface area contributed by atoms with E-state index < -0.39 is 5.82 Å². The van der Waals surface area contributed by atoms with Gasteiger partial charge < -0.3 is 10.6 Å². The molecule has 0 aliphatic heterocycles. The van der Waals surface area contributed by atoms with Gasteiger partial charge in [-0.25, -0.2) is 14.4 Å². The number of rotatable bonds is 4. The average molecular weight is 380 g/mol. The summed E-state index contributed by atoms with van der Waals surface area (Å²) in [4.78, 5) is 13.2. The van der Waals surface area contributed by atoms with E-state index in [1.54, 1.807) is 25.3 Å². The average Bonchev–Trinajstić information content (AvgIpc) is 2.65. The van der Waals surface area contributed by atoms with Gasteiger partial charge in [0.1, 0.15) is 23.3 Å². The number of hydrogen-bond acceptors (Lipinski definition) is 5. The number of aryl methyl sites for hydroxylation is 1. The number of benzene rings is 2. The molecular weight excluding hydrogens is 365 g/mol. The third-order valence-electron chi connectivity index (χ3n) is 3.93. The quantitative estimate of drug-likeness (QED) is 0.482. The number of nitrogens with zero attached hydrogens (tertiary/aromatic N) is 3. The number of nitrogens with one attached hydrogen (secondary N) is 2. The lowest BCUT2D eigenvalue weighted by Gasteiger charge is -2.12. The molecule has 4 aromatic rings. The van der Waals surface area contributed by atoms with Crippen LogP contribution in [-0.4, -0.2) is 15.0 Å². The summed E-state index contributed by atoms with van der Waals surface area (Å²) >= 11 is 5.84. The second kappa shape index (κ2) is 7.17. The van der Waals surface area contributed by atoms with Crippen molar-refractivity contribution in [2.45, 2.75) is 6.92 Å². The fourth-order valence-corrected chi connectivity index (χ4v) is 2.94. The summed E-state index contributed by atoms with van der Waals surface area (Å²) in [5.74, 6) is 1.31. The predicted molar refractivity (Wildman–Crippen MR) is 106 cm³/mol. The number of hydrogen-bond donors (Lipinski definition) is 2. The molecule has 0 atom stereocenters.